The minimum absolute atomic E-state index is 0.0681. The van der Waals surface area contributed by atoms with Crippen LogP contribution in [0.1, 0.15) is 23.9 Å². The molecule has 0 fully saturated rings. The van der Waals surface area contributed by atoms with Gasteiger partial charge in [-0.3, -0.25) is 9.36 Å². The van der Waals surface area contributed by atoms with Crippen LogP contribution in [0.5, 0.6) is 0 Å². The lowest BCUT2D eigenvalue weighted by Crippen LogP contribution is -2.22. The van der Waals surface area contributed by atoms with Gasteiger partial charge >= 0.3 is 0 Å². The molecule has 3 aromatic heterocycles. The fourth-order valence-corrected chi connectivity index (χ4v) is 4.84. The van der Waals surface area contributed by atoms with Crippen molar-refractivity contribution in [1.82, 2.24) is 19.7 Å². The maximum atomic E-state index is 13.3. The van der Waals surface area contributed by atoms with Crippen LogP contribution in [-0.4, -0.2) is 19.7 Å². The Labute approximate surface area is 169 Å². The van der Waals surface area contributed by atoms with E-state index < -0.39 is 0 Å². The summed E-state index contributed by atoms with van der Waals surface area (Å²) < 4.78 is 6.91. The molecule has 0 N–H and O–H groups in total. The molecule has 1 aromatic carbocycles. The molecule has 0 saturated heterocycles. The quantitative estimate of drug-likeness (QED) is 0.257. The average Bonchev–Trinajstić information content (AvgIpc) is 3.32. The molecule has 1 atom stereocenters. The molecule has 4 aromatic rings. The van der Waals surface area contributed by atoms with Crippen LogP contribution < -0.4 is 5.56 Å². The Kier molecular flexibility index (Phi) is 5.15. The highest BCUT2D eigenvalue weighted by Crippen LogP contribution is 2.36. The second kappa shape index (κ2) is 7.73. The summed E-state index contributed by atoms with van der Waals surface area (Å²) in [6.45, 7) is 7.90. The Morgan fingerprint density at radius 1 is 1.32 bits per heavy atom. The molecular formula is C20H18N4O2S2. The normalized spacial score (nSPS) is 12.4. The van der Waals surface area contributed by atoms with Gasteiger partial charge in [-0.25, -0.2) is 4.98 Å². The second-order valence-electron chi connectivity index (χ2n) is 6.23. The predicted octanol–water partition coefficient (Wildman–Crippen LogP) is 4.86. The molecule has 8 heteroatoms. The van der Waals surface area contributed by atoms with Crippen molar-refractivity contribution in [2.24, 2.45) is 0 Å². The number of hydrogen-bond acceptors (Lipinski definition) is 7. The van der Waals surface area contributed by atoms with Gasteiger partial charge in [-0.05, 0) is 19.4 Å². The third-order valence-corrected chi connectivity index (χ3v) is 6.18. The van der Waals surface area contributed by atoms with Crippen molar-refractivity contribution in [3.63, 3.8) is 0 Å². The van der Waals surface area contributed by atoms with Crippen molar-refractivity contribution in [2.45, 2.75) is 30.8 Å². The fourth-order valence-electron chi connectivity index (χ4n) is 2.90. The second-order valence-corrected chi connectivity index (χ2v) is 8.40. The first-order valence-electron chi connectivity index (χ1n) is 8.73. The summed E-state index contributed by atoms with van der Waals surface area (Å²) in [5.74, 6) is 1.10. The van der Waals surface area contributed by atoms with Gasteiger partial charge in [0, 0.05) is 17.5 Å². The van der Waals surface area contributed by atoms with Crippen molar-refractivity contribution in [1.29, 1.82) is 0 Å². The topological polar surface area (TPSA) is 73.8 Å². The number of rotatable bonds is 6. The van der Waals surface area contributed by atoms with Crippen LogP contribution in [0.15, 0.2) is 62.8 Å². The van der Waals surface area contributed by atoms with Crippen LogP contribution in [0.25, 0.3) is 21.3 Å². The monoisotopic (exact) mass is 410 g/mol. The standard InChI is InChI=1S/C20H18N4O2S2/c1-4-10-24-19(25)16-15(14-8-6-5-7-9-14)11-27-18(16)22-20(24)28-12(2)17-21-13(3)23-26-17/h4-9,11-12H,1,10H2,2-3H3/t12-/m0/s1. The third kappa shape index (κ3) is 3.41. The van der Waals surface area contributed by atoms with E-state index in [9.17, 15) is 4.79 Å². The van der Waals surface area contributed by atoms with Crippen LogP contribution in [0.4, 0.5) is 0 Å². The van der Waals surface area contributed by atoms with E-state index in [1.807, 2.05) is 42.6 Å². The number of aromatic nitrogens is 4. The van der Waals surface area contributed by atoms with Gasteiger partial charge < -0.3 is 4.52 Å². The summed E-state index contributed by atoms with van der Waals surface area (Å²) in [5.41, 5.74) is 1.85. The van der Waals surface area contributed by atoms with Crippen molar-refractivity contribution in [2.75, 3.05) is 0 Å². The molecule has 0 spiro atoms. The van der Waals surface area contributed by atoms with Gasteiger partial charge in [0.1, 0.15) is 4.83 Å². The zero-order valence-corrected chi connectivity index (χ0v) is 17.1. The van der Waals surface area contributed by atoms with Crippen LogP contribution in [-0.2, 0) is 6.54 Å². The molecule has 0 aliphatic heterocycles. The average molecular weight is 411 g/mol. The number of thiophene rings is 1. The van der Waals surface area contributed by atoms with Gasteiger partial charge in [0.2, 0.25) is 5.89 Å². The van der Waals surface area contributed by atoms with Gasteiger partial charge in [-0.1, -0.05) is 53.3 Å². The van der Waals surface area contributed by atoms with Crippen LogP contribution in [0, 0.1) is 6.92 Å². The Morgan fingerprint density at radius 2 is 2.11 bits per heavy atom. The smallest absolute Gasteiger partial charge is 0.263 e. The van der Waals surface area contributed by atoms with Crippen LogP contribution in [0.2, 0.25) is 0 Å². The maximum absolute atomic E-state index is 13.3. The Bertz CT molecular complexity index is 1190. The molecule has 0 saturated carbocycles. The molecule has 0 unspecified atom stereocenters. The van der Waals surface area contributed by atoms with Crippen molar-refractivity contribution >= 4 is 33.3 Å². The molecule has 0 amide bonds. The number of aryl methyl sites for hydroxylation is 1. The third-order valence-electron chi connectivity index (χ3n) is 4.23. The maximum Gasteiger partial charge on any atom is 0.263 e. The van der Waals surface area contributed by atoms with E-state index in [0.717, 1.165) is 16.0 Å². The van der Waals surface area contributed by atoms with Crippen LogP contribution >= 0.6 is 23.1 Å². The van der Waals surface area contributed by atoms with E-state index >= 15 is 0 Å². The minimum Gasteiger partial charge on any atom is -0.338 e. The molecule has 0 aliphatic carbocycles. The highest BCUT2D eigenvalue weighted by molar-refractivity contribution is 7.99. The zero-order valence-electron chi connectivity index (χ0n) is 15.5. The minimum atomic E-state index is -0.129. The first-order valence-corrected chi connectivity index (χ1v) is 10.5. The van der Waals surface area contributed by atoms with Gasteiger partial charge in [0.05, 0.1) is 10.6 Å². The molecule has 4 rings (SSSR count). The Balaban J connectivity index is 1.82. The van der Waals surface area contributed by atoms with Gasteiger partial charge in [-0.15, -0.1) is 17.9 Å². The Hall–Kier alpha value is -2.71. The number of benzene rings is 1. The SMILES string of the molecule is C=CCn1c(S[C@@H](C)c2nc(C)no2)nc2scc(-c3ccccc3)c2c1=O. The van der Waals surface area contributed by atoms with E-state index in [2.05, 4.69) is 16.7 Å². The molecular weight excluding hydrogens is 392 g/mol. The summed E-state index contributed by atoms with van der Waals surface area (Å²) in [4.78, 5) is 23.1. The molecule has 28 heavy (non-hydrogen) atoms. The van der Waals surface area contributed by atoms with E-state index in [4.69, 9.17) is 9.51 Å². The fraction of sp³-hybridized carbons (Fsp3) is 0.200. The van der Waals surface area contributed by atoms with Crippen molar-refractivity contribution in [3.05, 3.63) is 70.4 Å². The van der Waals surface area contributed by atoms with E-state index in [-0.39, 0.29) is 10.8 Å². The van der Waals surface area contributed by atoms with E-state index in [1.165, 1.54) is 23.1 Å². The molecule has 0 bridgehead atoms. The Morgan fingerprint density at radius 3 is 2.79 bits per heavy atom. The summed E-state index contributed by atoms with van der Waals surface area (Å²) in [6, 6.07) is 9.89. The molecule has 3 heterocycles. The molecule has 6 nitrogen and oxygen atoms in total. The number of hydrogen-bond donors (Lipinski definition) is 0. The lowest BCUT2D eigenvalue weighted by molar-refractivity contribution is 0.376. The lowest BCUT2D eigenvalue weighted by atomic mass is 10.1. The highest BCUT2D eigenvalue weighted by Gasteiger charge is 2.21. The van der Waals surface area contributed by atoms with E-state index in [1.54, 1.807) is 17.6 Å². The molecule has 0 radical (unpaired) electrons. The summed E-state index contributed by atoms with van der Waals surface area (Å²) >= 11 is 2.90. The predicted molar refractivity (Wildman–Crippen MR) is 113 cm³/mol. The number of thioether (sulfide) groups is 1. The van der Waals surface area contributed by atoms with Crippen molar-refractivity contribution < 1.29 is 4.52 Å². The molecule has 142 valence electrons. The highest BCUT2D eigenvalue weighted by atomic mass is 32.2. The first kappa shape index (κ1) is 18.6. The summed E-state index contributed by atoms with van der Waals surface area (Å²) in [5, 5.41) is 6.96. The van der Waals surface area contributed by atoms with E-state index in [0.29, 0.717) is 28.8 Å². The zero-order chi connectivity index (χ0) is 19.7. The number of allylic oxidation sites excluding steroid dienone is 1. The number of fused-ring (bicyclic) bond motifs is 1. The molecule has 0 aliphatic rings. The largest absolute Gasteiger partial charge is 0.338 e. The summed E-state index contributed by atoms with van der Waals surface area (Å²) in [6.07, 6.45) is 1.70. The van der Waals surface area contributed by atoms with Gasteiger partial charge in [0.25, 0.3) is 5.56 Å². The van der Waals surface area contributed by atoms with Gasteiger partial charge in [-0.2, -0.15) is 4.98 Å². The van der Waals surface area contributed by atoms with Gasteiger partial charge in [0.15, 0.2) is 11.0 Å². The number of nitrogens with zero attached hydrogens (tertiary/aromatic N) is 4. The lowest BCUT2D eigenvalue weighted by Gasteiger charge is -2.12. The van der Waals surface area contributed by atoms with Crippen molar-refractivity contribution in [3.8, 4) is 11.1 Å². The van der Waals surface area contributed by atoms with Crippen LogP contribution in [0.3, 0.4) is 0 Å². The first-order chi connectivity index (χ1) is 13.6. The summed E-state index contributed by atoms with van der Waals surface area (Å²) in [7, 11) is 0.